The first-order valence-electron chi connectivity index (χ1n) is 12.1. The summed E-state index contributed by atoms with van der Waals surface area (Å²) in [5, 5.41) is 6.33. The number of amidine groups is 2. The number of sulfonamides is 2. The molecule has 2 aliphatic rings. The van der Waals surface area contributed by atoms with Crippen LogP contribution in [0.15, 0.2) is 68.3 Å². The molecular formula is C24H32N6O4S2. The fraction of sp³-hybridized carbons (Fsp3) is 0.417. The van der Waals surface area contributed by atoms with E-state index in [0.29, 0.717) is 25.9 Å². The van der Waals surface area contributed by atoms with Crippen LogP contribution in [-0.4, -0.2) is 67.8 Å². The van der Waals surface area contributed by atoms with Crippen molar-refractivity contribution in [3.63, 3.8) is 0 Å². The van der Waals surface area contributed by atoms with Gasteiger partial charge in [0.05, 0.1) is 22.9 Å². The van der Waals surface area contributed by atoms with Crippen LogP contribution in [0, 0.1) is 0 Å². The third-order valence-corrected chi connectivity index (χ3v) is 8.87. The van der Waals surface area contributed by atoms with E-state index < -0.39 is 20.0 Å². The van der Waals surface area contributed by atoms with Crippen LogP contribution in [-0.2, 0) is 20.0 Å². The summed E-state index contributed by atoms with van der Waals surface area (Å²) in [4.78, 5) is 9.11. The van der Waals surface area contributed by atoms with E-state index in [-0.39, 0.29) is 9.79 Å². The van der Waals surface area contributed by atoms with Gasteiger partial charge in [-0.15, -0.1) is 0 Å². The molecule has 0 radical (unpaired) electrons. The lowest BCUT2D eigenvalue weighted by molar-refractivity contribution is 0.562. The Hall–Kier alpha value is -2.80. The summed E-state index contributed by atoms with van der Waals surface area (Å²) >= 11 is 0. The van der Waals surface area contributed by atoms with Gasteiger partial charge in [-0.05, 0) is 61.4 Å². The summed E-state index contributed by atoms with van der Waals surface area (Å²) in [6, 6.07) is 13.3. The first-order valence-corrected chi connectivity index (χ1v) is 15.1. The van der Waals surface area contributed by atoms with Crippen molar-refractivity contribution in [3.8, 4) is 0 Å². The largest absolute Gasteiger partial charge is 0.368 e. The molecule has 0 aliphatic carbocycles. The van der Waals surface area contributed by atoms with E-state index in [9.17, 15) is 16.8 Å². The quantitative estimate of drug-likeness (QED) is 0.286. The fourth-order valence-corrected chi connectivity index (χ4v) is 6.10. The van der Waals surface area contributed by atoms with Crippen molar-refractivity contribution in [1.29, 1.82) is 0 Å². The smallest absolute Gasteiger partial charge is 0.240 e. The molecule has 2 aliphatic heterocycles. The Kier molecular flexibility index (Phi) is 8.72. The maximum atomic E-state index is 12.5. The molecule has 4 N–H and O–H groups in total. The first kappa shape index (κ1) is 26.3. The van der Waals surface area contributed by atoms with Crippen LogP contribution < -0.4 is 20.1 Å². The summed E-state index contributed by atoms with van der Waals surface area (Å²) in [6.45, 7) is 3.71. The number of nitrogens with one attached hydrogen (secondary N) is 4. The van der Waals surface area contributed by atoms with Crippen molar-refractivity contribution in [2.24, 2.45) is 9.98 Å². The van der Waals surface area contributed by atoms with Crippen LogP contribution in [0.1, 0.15) is 36.8 Å². The van der Waals surface area contributed by atoms with E-state index in [4.69, 9.17) is 0 Å². The second-order valence-electron chi connectivity index (χ2n) is 8.57. The van der Waals surface area contributed by atoms with Crippen LogP contribution >= 0.6 is 0 Å². The van der Waals surface area contributed by atoms with Gasteiger partial charge in [0.2, 0.25) is 20.0 Å². The molecule has 0 atom stereocenters. The molecule has 0 aromatic heterocycles. The van der Waals surface area contributed by atoms with E-state index >= 15 is 0 Å². The van der Waals surface area contributed by atoms with Crippen LogP contribution in [0.4, 0.5) is 0 Å². The standard InChI is InChI=1S/C24H32N6O4S2/c31-35(32,21-9-5-19(6-10-21)23-25-15-16-26-23)29-13-3-1-2-4-14-30-36(33,34)22-11-7-20(8-12-22)24-27-17-18-28-24/h5-12,29-30H,1-4,13-18H2,(H,25,26)(H,27,28). The van der Waals surface area contributed by atoms with Crippen molar-refractivity contribution in [1.82, 2.24) is 20.1 Å². The van der Waals surface area contributed by atoms with Gasteiger partial charge in [0.25, 0.3) is 0 Å². The molecule has 0 saturated heterocycles. The van der Waals surface area contributed by atoms with Gasteiger partial charge in [-0.1, -0.05) is 12.8 Å². The number of unbranched alkanes of at least 4 members (excludes halogenated alkanes) is 3. The normalized spacial score (nSPS) is 15.8. The molecular weight excluding hydrogens is 500 g/mol. The average Bonchev–Trinajstić information content (AvgIpc) is 3.61. The van der Waals surface area contributed by atoms with Crippen LogP contribution in [0.25, 0.3) is 0 Å². The molecule has 0 bridgehead atoms. The van der Waals surface area contributed by atoms with E-state index in [1.807, 2.05) is 0 Å². The molecule has 194 valence electrons. The van der Waals surface area contributed by atoms with Gasteiger partial charge in [0, 0.05) is 37.3 Å². The summed E-state index contributed by atoms with van der Waals surface area (Å²) in [5.41, 5.74) is 1.74. The molecule has 36 heavy (non-hydrogen) atoms. The Morgan fingerprint density at radius 2 is 1.00 bits per heavy atom. The number of rotatable bonds is 13. The lowest BCUT2D eigenvalue weighted by atomic mass is 10.2. The molecule has 0 fully saturated rings. The molecule has 2 heterocycles. The minimum Gasteiger partial charge on any atom is -0.368 e. The summed E-state index contributed by atoms with van der Waals surface area (Å²) in [5.74, 6) is 1.58. The van der Waals surface area contributed by atoms with Gasteiger partial charge in [0.1, 0.15) is 11.7 Å². The fourth-order valence-electron chi connectivity index (χ4n) is 3.95. The lowest BCUT2D eigenvalue weighted by Crippen LogP contribution is -2.26. The van der Waals surface area contributed by atoms with Crippen molar-refractivity contribution in [3.05, 3.63) is 59.7 Å². The van der Waals surface area contributed by atoms with Gasteiger partial charge < -0.3 is 10.6 Å². The second-order valence-corrected chi connectivity index (χ2v) is 12.1. The maximum Gasteiger partial charge on any atom is 0.240 e. The van der Waals surface area contributed by atoms with E-state index in [2.05, 4.69) is 30.1 Å². The minimum atomic E-state index is -3.57. The Morgan fingerprint density at radius 1 is 0.611 bits per heavy atom. The highest BCUT2D eigenvalue weighted by atomic mass is 32.2. The molecule has 4 rings (SSSR count). The Labute approximate surface area is 212 Å². The number of hydrogen-bond donors (Lipinski definition) is 4. The van der Waals surface area contributed by atoms with Gasteiger partial charge in [-0.2, -0.15) is 0 Å². The predicted molar refractivity (Wildman–Crippen MR) is 141 cm³/mol. The van der Waals surface area contributed by atoms with Crippen molar-refractivity contribution in [2.75, 3.05) is 39.3 Å². The highest BCUT2D eigenvalue weighted by Crippen LogP contribution is 2.13. The molecule has 2 aromatic rings. The number of aliphatic imine (C=N–C) groups is 2. The van der Waals surface area contributed by atoms with Crippen LogP contribution in [0.3, 0.4) is 0 Å². The van der Waals surface area contributed by atoms with Crippen LogP contribution in [0.5, 0.6) is 0 Å². The lowest BCUT2D eigenvalue weighted by Gasteiger charge is -2.09. The van der Waals surface area contributed by atoms with Crippen LogP contribution in [0.2, 0.25) is 0 Å². The zero-order valence-electron chi connectivity index (χ0n) is 20.0. The van der Waals surface area contributed by atoms with Crippen molar-refractivity contribution < 1.29 is 16.8 Å². The predicted octanol–water partition coefficient (Wildman–Crippen LogP) is 1.20. The van der Waals surface area contributed by atoms with Crippen molar-refractivity contribution in [2.45, 2.75) is 35.5 Å². The summed E-state index contributed by atoms with van der Waals surface area (Å²) in [7, 11) is -7.14. The Balaban J connectivity index is 1.12. The highest BCUT2D eigenvalue weighted by Gasteiger charge is 2.16. The summed E-state index contributed by atoms with van der Waals surface area (Å²) in [6.07, 6.45) is 2.92. The summed E-state index contributed by atoms with van der Waals surface area (Å²) < 4.78 is 55.2. The molecule has 12 heteroatoms. The SMILES string of the molecule is O=S(=O)(NCCCCCCNS(=O)(=O)c1ccc(C2=NCCN2)cc1)c1ccc(C2=NCCN2)cc1. The van der Waals surface area contributed by atoms with Gasteiger partial charge in [-0.25, -0.2) is 26.3 Å². The van der Waals surface area contributed by atoms with E-state index in [1.165, 1.54) is 0 Å². The third kappa shape index (κ3) is 6.90. The minimum absolute atomic E-state index is 0.222. The Morgan fingerprint density at radius 3 is 1.33 bits per heavy atom. The molecule has 0 amide bonds. The van der Waals surface area contributed by atoms with E-state index in [1.54, 1.807) is 48.5 Å². The monoisotopic (exact) mass is 532 g/mol. The van der Waals surface area contributed by atoms with Crippen molar-refractivity contribution >= 4 is 31.7 Å². The van der Waals surface area contributed by atoms with E-state index in [0.717, 1.165) is 61.8 Å². The van der Waals surface area contributed by atoms with Gasteiger partial charge >= 0.3 is 0 Å². The second kappa shape index (κ2) is 12.0. The molecule has 2 aromatic carbocycles. The molecule has 0 spiro atoms. The van der Waals surface area contributed by atoms with Gasteiger partial charge in [0.15, 0.2) is 0 Å². The molecule has 0 unspecified atom stereocenters. The third-order valence-electron chi connectivity index (χ3n) is 5.91. The first-order chi connectivity index (χ1) is 17.4. The zero-order chi connectivity index (χ0) is 25.4. The molecule has 10 nitrogen and oxygen atoms in total. The maximum absolute atomic E-state index is 12.5. The highest BCUT2D eigenvalue weighted by molar-refractivity contribution is 7.89. The number of nitrogens with zero attached hydrogens (tertiary/aromatic N) is 2. The number of benzene rings is 2. The molecule has 0 saturated carbocycles. The number of hydrogen-bond acceptors (Lipinski definition) is 8. The topological polar surface area (TPSA) is 141 Å². The Bertz CT molecular complexity index is 1200. The average molecular weight is 533 g/mol. The zero-order valence-corrected chi connectivity index (χ0v) is 21.7. The van der Waals surface area contributed by atoms with Gasteiger partial charge in [-0.3, -0.25) is 9.98 Å².